The molecule has 0 heterocycles. The number of hydrogen-bond donors (Lipinski definition) is 2. The Hall–Kier alpha value is -1.79. The highest BCUT2D eigenvalue weighted by Gasteiger charge is 2.03. The van der Waals surface area contributed by atoms with E-state index in [0.717, 1.165) is 17.7 Å². The van der Waals surface area contributed by atoms with Gasteiger partial charge in [0.05, 0.1) is 6.54 Å². The molecule has 0 saturated carbocycles. The van der Waals surface area contributed by atoms with Gasteiger partial charge in [-0.25, -0.2) is 0 Å². The van der Waals surface area contributed by atoms with Crippen LogP contribution in [0.1, 0.15) is 32.3 Å². The second-order valence-corrected chi connectivity index (χ2v) is 4.56. The predicted octanol–water partition coefficient (Wildman–Crippen LogP) is 2.37. The summed E-state index contributed by atoms with van der Waals surface area (Å²) in [5.41, 5.74) is 7.01. The quantitative estimate of drug-likeness (QED) is 0.799. The third kappa shape index (κ3) is 5.51. The van der Waals surface area contributed by atoms with Crippen LogP contribution in [-0.4, -0.2) is 12.5 Å². The summed E-state index contributed by atoms with van der Waals surface area (Å²) in [6.07, 6.45) is 1.47. The minimum atomic E-state index is 0.0597. The number of rotatable bonds is 4. The molecule has 3 nitrogen and oxygen atoms in total. The van der Waals surface area contributed by atoms with E-state index < -0.39 is 0 Å². The van der Waals surface area contributed by atoms with Crippen LogP contribution in [0.25, 0.3) is 0 Å². The molecular weight excluding hydrogens is 224 g/mol. The van der Waals surface area contributed by atoms with Gasteiger partial charge in [0.2, 0.25) is 5.91 Å². The van der Waals surface area contributed by atoms with E-state index in [1.807, 2.05) is 24.3 Å². The summed E-state index contributed by atoms with van der Waals surface area (Å²) in [7, 11) is 0. The lowest BCUT2D eigenvalue weighted by Crippen LogP contribution is -2.12. The monoisotopic (exact) mass is 244 g/mol. The van der Waals surface area contributed by atoms with E-state index >= 15 is 0 Å². The Kier molecular flexibility index (Phi) is 5.96. The fourth-order valence-corrected chi connectivity index (χ4v) is 1.43. The SMILES string of the molecule is CC(C)CCC(=O)Nc1ccc(C#CCN)cc1. The number of anilines is 1. The first-order valence-corrected chi connectivity index (χ1v) is 6.20. The van der Waals surface area contributed by atoms with Gasteiger partial charge in [-0.05, 0) is 36.6 Å². The predicted molar refractivity (Wildman–Crippen MR) is 75.1 cm³/mol. The van der Waals surface area contributed by atoms with Crippen LogP contribution >= 0.6 is 0 Å². The summed E-state index contributed by atoms with van der Waals surface area (Å²) < 4.78 is 0. The standard InChI is InChI=1S/C15H20N2O/c1-12(2)5-10-15(18)17-14-8-6-13(7-9-14)4-3-11-16/h6-9,12H,5,10-11,16H2,1-2H3,(H,17,18). The second kappa shape index (κ2) is 7.52. The van der Waals surface area contributed by atoms with Crippen LogP contribution in [0.2, 0.25) is 0 Å². The molecule has 1 amide bonds. The molecule has 0 fully saturated rings. The molecule has 0 saturated heterocycles. The van der Waals surface area contributed by atoms with Crippen molar-refractivity contribution in [2.24, 2.45) is 11.7 Å². The summed E-state index contributed by atoms with van der Waals surface area (Å²) in [6.45, 7) is 4.57. The van der Waals surface area contributed by atoms with Crippen LogP contribution in [0.4, 0.5) is 5.69 Å². The fourth-order valence-electron chi connectivity index (χ4n) is 1.43. The van der Waals surface area contributed by atoms with Crippen molar-refractivity contribution in [3.05, 3.63) is 29.8 Å². The maximum absolute atomic E-state index is 11.6. The van der Waals surface area contributed by atoms with Crippen molar-refractivity contribution in [3.8, 4) is 11.8 Å². The Morgan fingerprint density at radius 1 is 1.33 bits per heavy atom. The Morgan fingerprint density at radius 3 is 2.56 bits per heavy atom. The molecule has 3 N–H and O–H groups in total. The Balaban J connectivity index is 2.50. The number of amides is 1. The van der Waals surface area contributed by atoms with E-state index in [4.69, 9.17) is 5.73 Å². The Morgan fingerprint density at radius 2 is 2.00 bits per heavy atom. The minimum Gasteiger partial charge on any atom is -0.326 e. The highest BCUT2D eigenvalue weighted by atomic mass is 16.1. The molecule has 0 aromatic heterocycles. The van der Waals surface area contributed by atoms with Gasteiger partial charge < -0.3 is 11.1 Å². The molecule has 0 aliphatic carbocycles. The molecular formula is C15H20N2O. The highest BCUT2D eigenvalue weighted by molar-refractivity contribution is 5.90. The average molecular weight is 244 g/mol. The summed E-state index contributed by atoms with van der Waals surface area (Å²) in [5, 5.41) is 2.87. The number of carbonyl (C=O) groups is 1. The molecule has 1 aromatic carbocycles. The van der Waals surface area contributed by atoms with Crippen molar-refractivity contribution in [1.82, 2.24) is 0 Å². The molecule has 0 radical (unpaired) electrons. The zero-order valence-corrected chi connectivity index (χ0v) is 11.0. The van der Waals surface area contributed by atoms with Gasteiger partial charge in [0.25, 0.3) is 0 Å². The maximum Gasteiger partial charge on any atom is 0.224 e. The van der Waals surface area contributed by atoms with Crippen LogP contribution in [-0.2, 0) is 4.79 Å². The van der Waals surface area contributed by atoms with Gasteiger partial charge in [0.1, 0.15) is 0 Å². The lowest BCUT2D eigenvalue weighted by Gasteiger charge is -2.06. The van der Waals surface area contributed by atoms with Crippen molar-refractivity contribution in [2.45, 2.75) is 26.7 Å². The molecule has 0 atom stereocenters. The third-order valence-corrected chi connectivity index (χ3v) is 2.45. The van der Waals surface area contributed by atoms with Gasteiger partial charge >= 0.3 is 0 Å². The van der Waals surface area contributed by atoms with Gasteiger partial charge in [0, 0.05) is 17.7 Å². The topological polar surface area (TPSA) is 55.1 Å². The summed E-state index contributed by atoms with van der Waals surface area (Å²) >= 11 is 0. The van der Waals surface area contributed by atoms with Crippen LogP contribution in [0, 0.1) is 17.8 Å². The van der Waals surface area contributed by atoms with Crippen LogP contribution in [0.3, 0.4) is 0 Å². The molecule has 0 aliphatic heterocycles. The van der Waals surface area contributed by atoms with E-state index in [0.29, 0.717) is 18.9 Å². The van der Waals surface area contributed by atoms with E-state index in [2.05, 4.69) is 31.0 Å². The molecule has 18 heavy (non-hydrogen) atoms. The minimum absolute atomic E-state index is 0.0597. The van der Waals surface area contributed by atoms with Crippen molar-refractivity contribution in [3.63, 3.8) is 0 Å². The number of benzene rings is 1. The van der Waals surface area contributed by atoms with Crippen LogP contribution < -0.4 is 11.1 Å². The number of nitrogens with one attached hydrogen (secondary N) is 1. The normalized spacial score (nSPS) is 9.78. The third-order valence-electron chi connectivity index (χ3n) is 2.45. The van der Waals surface area contributed by atoms with Gasteiger partial charge in [-0.2, -0.15) is 0 Å². The first-order chi connectivity index (χ1) is 8.61. The van der Waals surface area contributed by atoms with E-state index in [1.54, 1.807) is 0 Å². The summed E-state index contributed by atoms with van der Waals surface area (Å²) in [5.74, 6) is 6.33. The molecule has 1 aromatic rings. The van der Waals surface area contributed by atoms with Crippen LogP contribution in [0.15, 0.2) is 24.3 Å². The summed E-state index contributed by atoms with van der Waals surface area (Å²) in [6, 6.07) is 7.46. The Bertz CT molecular complexity index is 438. The second-order valence-electron chi connectivity index (χ2n) is 4.56. The average Bonchev–Trinajstić information content (AvgIpc) is 2.35. The van der Waals surface area contributed by atoms with Crippen LogP contribution in [0.5, 0.6) is 0 Å². The molecule has 0 aliphatic rings. The van der Waals surface area contributed by atoms with Gasteiger partial charge in [-0.3, -0.25) is 4.79 Å². The van der Waals surface area contributed by atoms with Crippen molar-refractivity contribution < 1.29 is 4.79 Å². The molecule has 0 bridgehead atoms. The maximum atomic E-state index is 11.6. The lowest BCUT2D eigenvalue weighted by molar-refractivity contribution is -0.116. The fraction of sp³-hybridized carbons (Fsp3) is 0.400. The molecule has 96 valence electrons. The highest BCUT2D eigenvalue weighted by Crippen LogP contribution is 2.10. The lowest BCUT2D eigenvalue weighted by atomic mass is 10.1. The van der Waals surface area contributed by atoms with E-state index in [9.17, 15) is 4.79 Å². The molecule has 0 spiro atoms. The molecule has 0 unspecified atom stereocenters. The van der Waals surface area contributed by atoms with Crippen molar-refractivity contribution in [1.29, 1.82) is 0 Å². The summed E-state index contributed by atoms with van der Waals surface area (Å²) in [4.78, 5) is 11.6. The largest absolute Gasteiger partial charge is 0.326 e. The van der Waals surface area contributed by atoms with E-state index in [-0.39, 0.29) is 5.91 Å². The number of hydrogen-bond acceptors (Lipinski definition) is 2. The van der Waals surface area contributed by atoms with Gasteiger partial charge in [0.15, 0.2) is 0 Å². The zero-order chi connectivity index (χ0) is 13.4. The zero-order valence-electron chi connectivity index (χ0n) is 11.0. The van der Waals surface area contributed by atoms with Gasteiger partial charge in [-0.1, -0.05) is 25.7 Å². The molecule has 1 rings (SSSR count). The van der Waals surface area contributed by atoms with Crippen molar-refractivity contribution >= 4 is 11.6 Å². The first kappa shape index (κ1) is 14.3. The smallest absolute Gasteiger partial charge is 0.224 e. The number of nitrogens with two attached hydrogens (primary N) is 1. The van der Waals surface area contributed by atoms with Crippen molar-refractivity contribution in [2.75, 3.05) is 11.9 Å². The molecule has 3 heteroatoms. The number of carbonyl (C=O) groups excluding carboxylic acids is 1. The van der Waals surface area contributed by atoms with Gasteiger partial charge in [-0.15, -0.1) is 0 Å². The van der Waals surface area contributed by atoms with E-state index in [1.165, 1.54) is 0 Å². The Labute approximate surface area is 109 Å². The first-order valence-electron chi connectivity index (χ1n) is 6.20.